The Balaban J connectivity index is 2.05. The van der Waals surface area contributed by atoms with Gasteiger partial charge in [-0.25, -0.2) is 9.48 Å². The van der Waals surface area contributed by atoms with E-state index in [1.807, 2.05) is 45.0 Å². The minimum atomic E-state index is -0.375. The molecular weight excluding hydrogens is 348 g/mol. The zero-order valence-corrected chi connectivity index (χ0v) is 16.0. The number of rotatable bonds is 5. The number of aryl methyl sites for hydroxylation is 1. The second-order valence-electron chi connectivity index (χ2n) is 5.97. The Bertz CT molecular complexity index is 985. The molecule has 0 saturated heterocycles. The molecule has 0 aliphatic heterocycles. The smallest absolute Gasteiger partial charge is 0.341 e. The Hall–Kier alpha value is -2.73. The molecule has 2 aromatic heterocycles. The molecule has 3 aromatic rings. The molecule has 0 radical (unpaired) electrons. The summed E-state index contributed by atoms with van der Waals surface area (Å²) in [6, 6.07) is 7.81. The summed E-state index contributed by atoms with van der Waals surface area (Å²) >= 11 is 1.61. The first-order chi connectivity index (χ1) is 12.5. The van der Waals surface area contributed by atoms with Gasteiger partial charge in [-0.2, -0.15) is 5.10 Å². The number of carbonyl (C=O) groups excluding carboxylic acids is 2. The normalized spacial score (nSPS) is 10.8. The van der Waals surface area contributed by atoms with E-state index in [2.05, 4.69) is 5.10 Å². The van der Waals surface area contributed by atoms with E-state index < -0.39 is 0 Å². The maximum atomic E-state index is 12.0. The molecule has 134 valence electrons. The van der Waals surface area contributed by atoms with E-state index in [-0.39, 0.29) is 5.97 Å². The van der Waals surface area contributed by atoms with Gasteiger partial charge in [0.2, 0.25) is 0 Å². The van der Waals surface area contributed by atoms with Gasteiger partial charge in [-0.1, -0.05) is 12.1 Å². The van der Waals surface area contributed by atoms with Crippen LogP contribution in [0.5, 0.6) is 0 Å². The van der Waals surface area contributed by atoms with Crippen LogP contribution in [0.3, 0.4) is 0 Å². The third-order valence-electron chi connectivity index (χ3n) is 4.41. The molecule has 0 fully saturated rings. The van der Waals surface area contributed by atoms with Gasteiger partial charge < -0.3 is 4.74 Å². The SMILES string of the molecule is CCOC(=O)c1cnn(-c2cccc(-c3sc(C)c(C)c3C=O)c2)c1C. The Morgan fingerprint density at radius 1 is 1.31 bits per heavy atom. The minimum Gasteiger partial charge on any atom is -0.462 e. The molecule has 0 saturated carbocycles. The van der Waals surface area contributed by atoms with Crippen molar-refractivity contribution >= 4 is 23.6 Å². The highest BCUT2D eigenvalue weighted by atomic mass is 32.1. The molecule has 6 heteroatoms. The van der Waals surface area contributed by atoms with E-state index in [1.165, 1.54) is 6.20 Å². The van der Waals surface area contributed by atoms with E-state index in [0.29, 0.717) is 12.2 Å². The zero-order valence-electron chi connectivity index (χ0n) is 15.2. The third-order valence-corrected chi connectivity index (χ3v) is 5.68. The molecule has 1 aromatic carbocycles. The lowest BCUT2D eigenvalue weighted by molar-refractivity contribution is 0.0525. The fourth-order valence-electron chi connectivity index (χ4n) is 2.86. The van der Waals surface area contributed by atoms with E-state index in [0.717, 1.165) is 44.1 Å². The molecular formula is C20H20N2O3S. The van der Waals surface area contributed by atoms with Crippen LogP contribution in [0.1, 0.15) is 43.8 Å². The number of aromatic nitrogens is 2. The number of nitrogens with zero attached hydrogens (tertiary/aromatic N) is 2. The van der Waals surface area contributed by atoms with Crippen LogP contribution in [-0.4, -0.2) is 28.6 Å². The van der Waals surface area contributed by atoms with Crippen molar-refractivity contribution in [3.8, 4) is 16.1 Å². The molecule has 2 heterocycles. The highest BCUT2D eigenvalue weighted by Gasteiger charge is 2.18. The van der Waals surface area contributed by atoms with Gasteiger partial charge in [0.15, 0.2) is 6.29 Å². The number of thiophene rings is 1. The van der Waals surface area contributed by atoms with E-state index in [1.54, 1.807) is 22.9 Å². The number of esters is 1. The van der Waals surface area contributed by atoms with Crippen LogP contribution in [0, 0.1) is 20.8 Å². The van der Waals surface area contributed by atoms with E-state index in [4.69, 9.17) is 4.74 Å². The number of aldehydes is 1. The van der Waals surface area contributed by atoms with Gasteiger partial charge in [-0.3, -0.25) is 4.79 Å². The Morgan fingerprint density at radius 2 is 2.08 bits per heavy atom. The van der Waals surface area contributed by atoms with Gasteiger partial charge in [0.1, 0.15) is 5.56 Å². The fraction of sp³-hybridized carbons (Fsp3) is 0.250. The number of ether oxygens (including phenoxy) is 1. The van der Waals surface area contributed by atoms with Gasteiger partial charge in [0, 0.05) is 15.3 Å². The topological polar surface area (TPSA) is 61.2 Å². The largest absolute Gasteiger partial charge is 0.462 e. The van der Waals surface area contributed by atoms with E-state index >= 15 is 0 Å². The maximum absolute atomic E-state index is 12.0. The highest BCUT2D eigenvalue weighted by Crippen LogP contribution is 2.35. The first-order valence-corrected chi connectivity index (χ1v) is 9.17. The summed E-state index contributed by atoms with van der Waals surface area (Å²) in [5, 5.41) is 4.34. The van der Waals surface area contributed by atoms with Gasteiger partial charge in [-0.15, -0.1) is 11.3 Å². The van der Waals surface area contributed by atoms with Crippen molar-refractivity contribution in [2.45, 2.75) is 27.7 Å². The summed E-state index contributed by atoms with van der Waals surface area (Å²) in [5.41, 5.74) is 4.71. The van der Waals surface area contributed by atoms with Gasteiger partial charge in [-0.05, 0) is 51.0 Å². The number of hydrogen-bond acceptors (Lipinski definition) is 5. The lowest BCUT2D eigenvalue weighted by Crippen LogP contribution is -2.07. The quantitative estimate of drug-likeness (QED) is 0.491. The third kappa shape index (κ3) is 3.08. The van der Waals surface area contributed by atoms with Crippen LogP contribution < -0.4 is 0 Å². The number of benzene rings is 1. The molecule has 0 bridgehead atoms. The maximum Gasteiger partial charge on any atom is 0.341 e. The average molecular weight is 368 g/mol. The molecule has 0 atom stereocenters. The molecule has 0 unspecified atom stereocenters. The molecule has 0 aliphatic rings. The lowest BCUT2D eigenvalue weighted by Gasteiger charge is -2.08. The first-order valence-electron chi connectivity index (χ1n) is 8.35. The highest BCUT2D eigenvalue weighted by molar-refractivity contribution is 7.16. The average Bonchev–Trinajstić information content (AvgIpc) is 3.15. The molecule has 0 N–H and O–H groups in total. The van der Waals surface area contributed by atoms with Crippen LogP contribution in [0.15, 0.2) is 30.5 Å². The lowest BCUT2D eigenvalue weighted by atomic mass is 10.1. The summed E-state index contributed by atoms with van der Waals surface area (Å²) < 4.78 is 6.78. The summed E-state index contributed by atoms with van der Waals surface area (Å²) in [7, 11) is 0. The van der Waals surface area contributed by atoms with Crippen molar-refractivity contribution in [1.29, 1.82) is 0 Å². The molecule has 0 spiro atoms. The Kier molecular flexibility index (Phi) is 5.04. The summed E-state index contributed by atoms with van der Waals surface area (Å²) in [5.74, 6) is -0.375. The molecule has 5 nitrogen and oxygen atoms in total. The standard InChI is InChI=1S/C20H20N2O3S/c1-5-25-20(24)17-10-21-22(13(17)3)16-8-6-7-15(9-16)19-18(11-23)12(2)14(4)26-19/h6-11H,5H2,1-4H3. The molecule has 0 aliphatic carbocycles. The molecule has 0 amide bonds. The van der Waals surface area contributed by atoms with Crippen LogP contribution in [0.4, 0.5) is 0 Å². The number of hydrogen-bond donors (Lipinski definition) is 0. The van der Waals surface area contributed by atoms with Crippen LogP contribution in [0.25, 0.3) is 16.1 Å². The van der Waals surface area contributed by atoms with Crippen LogP contribution >= 0.6 is 11.3 Å². The van der Waals surface area contributed by atoms with Crippen molar-refractivity contribution in [2.24, 2.45) is 0 Å². The van der Waals surface area contributed by atoms with E-state index in [9.17, 15) is 9.59 Å². The molecule has 3 rings (SSSR count). The summed E-state index contributed by atoms with van der Waals surface area (Å²) in [6.45, 7) is 7.92. The fourth-order valence-corrected chi connectivity index (χ4v) is 3.98. The predicted octanol–water partition coefficient (Wildman–Crippen LogP) is 4.52. The molecule has 26 heavy (non-hydrogen) atoms. The second-order valence-corrected chi connectivity index (χ2v) is 7.19. The Labute approximate surface area is 156 Å². The van der Waals surface area contributed by atoms with Crippen LogP contribution in [-0.2, 0) is 4.74 Å². The minimum absolute atomic E-state index is 0.324. The summed E-state index contributed by atoms with van der Waals surface area (Å²) in [4.78, 5) is 25.6. The first kappa shape index (κ1) is 18.1. The number of carbonyl (C=O) groups is 2. The van der Waals surface area contributed by atoms with Crippen molar-refractivity contribution in [3.63, 3.8) is 0 Å². The summed E-state index contributed by atoms with van der Waals surface area (Å²) in [6.07, 6.45) is 2.44. The van der Waals surface area contributed by atoms with Gasteiger partial charge in [0.25, 0.3) is 0 Å². The van der Waals surface area contributed by atoms with Crippen LogP contribution in [0.2, 0.25) is 0 Å². The van der Waals surface area contributed by atoms with Crippen molar-refractivity contribution in [2.75, 3.05) is 6.61 Å². The van der Waals surface area contributed by atoms with Gasteiger partial charge >= 0.3 is 5.97 Å². The Morgan fingerprint density at radius 3 is 2.77 bits per heavy atom. The zero-order chi connectivity index (χ0) is 18.8. The monoisotopic (exact) mass is 368 g/mol. The van der Waals surface area contributed by atoms with Crippen molar-refractivity contribution in [3.05, 3.63) is 57.7 Å². The van der Waals surface area contributed by atoms with Gasteiger partial charge in [0.05, 0.1) is 24.2 Å². The van der Waals surface area contributed by atoms with Crippen molar-refractivity contribution in [1.82, 2.24) is 9.78 Å². The predicted molar refractivity (Wildman–Crippen MR) is 102 cm³/mol. The van der Waals surface area contributed by atoms with Crippen molar-refractivity contribution < 1.29 is 14.3 Å². The second kappa shape index (κ2) is 7.25.